The molecule has 336 valence electrons. The highest BCUT2D eigenvalue weighted by Gasteiger charge is 2.29. The van der Waals surface area contributed by atoms with Gasteiger partial charge in [-0.05, 0) is 149 Å². The highest BCUT2D eigenvalue weighted by Crippen LogP contribution is 2.42. The molecule has 2 heterocycles. The van der Waals surface area contributed by atoms with Crippen molar-refractivity contribution in [3.05, 3.63) is 117 Å². The number of unbranched alkanes of at least 4 members (excludes halogenated alkanes) is 12. The number of hydrogen-bond donors (Lipinski definition) is 0. The molecule has 0 saturated heterocycles. The molecule has 0 aliphatic heterocycles. The van der Waals surface area contributed by atoms with Crippen molar-refractivity contribution in [1.82, 2.24) is 9.97 Å². The Hall–Kier alpha value is -4.62. The minimum Gasteiger partial charge on any atom is -0.457 e. The first-order valence-corrected chi connectivity index (χ1v) is 24.9. The summed E-state index contributed by atoms with van der Waals surface area (Å²) in [5.74, 6) is 0.664. The molecule has 4 aromatic rings. The number of nitrogens with zero attached hydrogens (tertiary/aromatic N) is 4. The van der Waals surface area contributed by atoms with Gasteiger partial charge in [0.05, 0.1) is 11.1 Å². The summed E-state index contributed by atoms with van der Waals surface area (Å²) in [7, 11) is 0. The fraction of sp³-hybridized carbons (Fsp3) is 0.571. The van der Waals surface area contributed by atoms with Crippen LogP contribution in [0.15, 0.2) is 60.9 Å². The van der Waals surface area contributed by atoms with Crippen molar-refractivity contribution >= 4 is 0 Å². The highest BCUT2D eigenvalue weighted by molar-refractivity contribution is 5.50. The summed E-state index contributed by atoms with van der Waals surface area (Å²) in [5.41, 5.74) is 5.58. The van der Waals surface area contributed by atoms with Crippen LogP contribution in [0.3, 0.4) is 0 Å². The quantitative estimate of drug-likeness (QED) is 0.0656. The molecule has 6 rings (SSSR count). The van der Waals surface area contributed by atoms with E-state index in [1.165, 1.54) is 113 Å². The molecule has 7 heteroatoms. The van der Waals surface area contributed by atoms with Crippen LogP contribution in [0.1, 0.15) is 212 Å². The summed E-state index contributed by atoms with van der Waals surface area (Å²) in [6.45, 7) is 4.51. The van der Waals surface area contributed by atoms with E-state index in [1.54, 1.807) is 12.1 Å². The largest absolute Gasteiger partial charge is 0.457 e. The summed E-state index contributed by atoms with van der Waals surface area (Å²) in [6.07, 6.45) is 32.9. The Morgan fingerprint density at radius 1 is 0.508 bits per heavy atom. The van der Waals surface area contributed by atoms with Crippen LogP contribution in [0.4, 0.5) is 8.78 Å². The van der Waals surface area contributed by atoms with Gasteiger partial charge in [-0.3, -0.25) is 9.97 Å². The van der Waals surface area contributed by atoms with Crippen LogP contribution >= 0.6 is 0 Å². The predicted octanol–water partition coefficient (Wildman–Crippen LogP) is 15.9. The average molecular weight is 855 g/mol. The number of ether oxygens (including phenoxy) is 1. The van der Waals surface area contributed by atoms with Crippen LogP contribution in [0.2, 0.25) is 0 Å². The Morgan fingerprint density at radius 2 is 0.889 bits per heavy atom. The number of aryl methyl sites for hydroxylation is 2. The molecule has 2 aliphatic rings. The fourth-order valence-electron chi connectivity index (χ4n) is 10.2. The van der Waals surface area contributed by atoms with Crippen LogP contribution in [0.5, 0.6) is 11.5 Å². The van der Waals surface area contributed by atoms with E-state index in [1.807, 2.05) is 12.1 Å². The van der Waals surface area contributed by atoms with E-state index in [-0.39, 0.29) is 23.0 Å². The zero-order valence-corrected chi connectivity index (χ0v) is 38.4. The lowest BCUT2D eigenvalue weighted by Gasteiger charge is -2.29. The third-order valence-corrected chi connectivity index (χ3v) is 14.2. The van der Waals surface area contributed by atoms with Crippen molar-refractivity contribution in [3.63, 3.8) is 0 Å². The first kappa shape index (κ1) is 47.8. The molecule has 5 nitrogen and oxygen atoms in total. The van der Waals surface area contributed by atoms with Gasteiger partial charge in [0.15, 0.2) is 0 Å². The topological polar surface area (TPSA) is 82.6 Å². The van der Waals surface area contributed by atoms with Crippen molar-refractivity contribution < 1.29 is 13.5 Å². The minimum absolute atomic E-state index is 0.0212. The second-order valence-electron chi connectivity index (χ2n) is 18.9. The molecule has 0 spiro atoms. The number of nitriles is 2. The normalized spacial score (nSPS) is 18.8. The predicted molar refractivity (Wildman–Crippen MR) is 251 cm³/mol. The monoisotopic (exact) mass is 855 g/mol. The lowest BCUT2D eigenvalue weighted by atomic mass is 9.77. The Bertz CT molecular complexity index is 1920. The Morgan fingerprint density at radius 3 is 1.24 bits per heavy atom. The van der Waals surface area contributed by atoms with E-state index in [0.717, 1.165) is 75.6 Å². The van der Waals surface area contributed by atoms with E-state index >= 15 is 8.78 Å². The molecule has 0 N–H and O–H groups in total. The molecule has 0 bridgehead atoms. The lowest BCUT2D eigenvalue weighted by Crippen LogP contribution is -2.18. The Kier molecular flexibility index (Phi) is 19.5. The number of benzene rings is 2. The molecule has 2 aliphatic carbocycles. The third kappa shape index (κ3) is 14.2. The molecule has 0 unspecified atom stereocenters. The molecule has 2 aromatic carbocycles. The smallest absolute Gasteiger partial charge is 0.147 e. The molecule has 2 aromatic heterocycles. The maximum atomic E-state index is 16.1. The molecule has 0 amide bonds. The van der Waals surface area contributed by atoms with Crippen molar-refractivity contribution in [2.24, 2.45) is 11.8 Å². The van der Waals surface area contributed by atoms with Gasteiger partial charge in [0, 0.05) is 46.7 Å². The first-order valence-electron chi connectivity index (χ1n) is 24.9. The second-order valence-corrected chi connectivity index (χ2v) is 18.9. The zero-order chi connectivity index (χ0) is 44.2. The van der Waals surface area contributed by atoms with E-state index in [0.29, 0.717) is 47.3 Å². The Balaban J connectivity index is 1.04. The average Bonchev–Trinajstić information content (AvgIpc) is 3.31. The highest BCUT2D eigenvalue weighted by atomic mass is 19.1. The van der Waals surface area contributed by atoms with Gasteiger partial charge in [0.25, 0.3) is 0 Å². The standard InChI is InChI=1S/C56H72F2N4O/c1-3-5-7-9-11-13-15-17-43-23-31-51(61-39-43)45-25-19-41(20-26-45)35-49-53(33-29-47(37-59)55(49)57)63-54-34-30-48(38-60)56(58)50(54)36-42-21-27-46(28-22-42)52-32-24-44(40-62-52)18-16-14-12-10-8-6-4-2/h23-24,29-34,39-42,45-46H,3-22,25-28,35-36H2,1-2H3. The van der Waals surface area contributed by atoms with Gasteiger partial charge in [-0.1, -0.05) is 103 Å². The van der Waals surface area contributed by atoms with Crippen LogP contribution in [-0.2, 0) is 25.7 Å². The zero-order valence-electron chi connectivity index (χ0n) is 38.4. The molecule has 63 heavy (non-hydrogen) atoms. The summed E-state index contributed by atoms with van der Waals surface area (Å²) in [4.78, 5) is 9.77. The summed E-state index contributed by atoms with van der Waals surface area (Å²) in [6, 6.07) is 19.1. The van der Waals surface area contributed by atoms with Gasteiger partial charge in [0.2, 0.25) is 0 Å². The maximum absolute atomic E-state index is 16.1. The van der Waals surface area contributed by atoms with E-state index in [9.17, 15) is 10.5 Å². The van der Waals surface area contributed by atoms with Gasteiger partial charge < -0.3 is 4.74 Å². The Labute approximate surface area is 378 Å². The van der Waals surface area contributed by atoms with Crippen LogP contribution in [0, 0.1) is 46.1 Å². The number of pyridine rings is 2. The summed E-state index contributed by atoms with van der Waals surface area (Å²) in [5, 5.41) is 19.6. The molecule has 0 radical (unpaired) electrons. The third-order valence-electron chi connectivity index (χ3n) is 14.2. The molecule has 0 atom stereocenters. The number of aromatic nitrogens is 2. The molecular weight excluding hydrogens is 783 g/mol. The maximum Gasteiger partial charge on any atom is 0.147 e. The van der Waals surface area contributed by atoms with Crippen molar-refractivity contribution in [2.75, 3.05) is 0 Å². The molecule has 2 saturated carbocycles. The van der Waals surface area contributed by atoms with Crippen LogP contribution in [-0.4, -0.2) is 9.97 Å². The van der Waals surface area contributed by atoms with Crippen LogP contribution in [0.25, 0.3) is 0 Å². The van der Waals surface area contributed by atoms with Gasteiger partial charge >= 0.3 is 0 Å². The van der Waals surface area contributed by atoms with E-state index < -0.39 is 11.6 Å². The van der Waals surface area contributed by atoms with Crippen molar-refractivity contribution in [3.8, 4) is 23.6 Å². The molecule has 2 fully saturated rings. The SMILES string of the molecule is CCCCCCCCCc1ccc(C2CCC(Cc3c(Oc4ccc(C#N)c(F)c4CC4CCC(c5ccc(CCCCCCCCC)cn5)CC4)ccc(C#N)c3F)CC2)nc1. The van der Waals surface area contributed by atoms with Gasteiger partial charge in [-0.2, -0.15) is 10.5 Å². The number of hydrogen-bond acceptors (Lipinski definition) is 5. The van der Waals surface area contributed by atoms with Crippen molar-refractivity contribution in [2.45, 2.75) is 193 Å². The number of rotatable bonds is 24. The summed E-state index contributed by atoms with van der Waals surface area (Å²) < 4.78 is 38.7. The lowest BCUT2D eigenvalue weighted by molar-refractivity contribution is 0.312. The van der Waals surface area contributed by atoms with Gasteiger partial charge in [0.1, 0.15) is 35.3 Å². The van der Waals surface area contributed by atoms with Crippen molar-refractivity contribution in [1.29, 1.82) is 10.5 Å². The fourth-order valence-corrected chi connectivity index (χ4v) is 10.2. The van der Waals surface area contributed by atoms with Gasteiger partial charge in [-0.15, -0.1) is 0 Å². The summed E-state index contributed by atoms with van der Waals surface area (Å²) >= 11 is 0. The first-order chi connectivity index (χ1) is 30.9. The van der Waals surface area contributed by atoms with E-state index in [2.05, 4.69) is 50.5 Å². The molecular formula is C56H72F2N4O. The van der Waals surface area contributed by atoms with Crippen LogP contribution < -0.4 is 4.74 Å². The van der Waals surface area contributed by atoms with Gasteiger partial charge in [-0.25, -0.2) is 8.78 Å². The second kappa shape index (κ2) is 25.6. The number of halogens is 2. The van der Waals surface area contributed by atoms with E-state index in [4.69, 9.17) is 14.7 Å². The minimum atomic E-state index is -0.566.